The van der Waals surface area contributed by atoms with Gasteiger partial charge in [-0.2, -0.15) is 0 Å². The minimum atomic E-state index is -0.427. The fourth-order valence-corrected chi connectivity index (χ4v) is 2.32. The Labute approximate surface area is 117 Å². The molecule has 2 N–H and O–H groups in total. The lowest BCUT2D eigenvalue weighted by molar-refractivity contribution is -0.120. The van der Waals surface area contributed by atoms with E-state index in [-0.39, 0.29) is 5.91 Å². The first-order valence-corrected chi connectivity index (χ1v) is 6.74. The molecule has 20 heavy (non-hydrogen) atoms. The van der Waals surface area contributed by atoms with Crippen LogP contribution in [0.3, 0.4) is 0 Å². The highest BCUT2D eigenvalue weighted by Gasteiger charge is 2.30. The highest BCUT2D eigenvalue weighted by molar-refractivity contribution is 6.08. The van der Waals surface area contributed by atoms with Crippen molar-refractivity contribution in [1.29, 1.82) is 0 Å². The summed E-state index contributed by atoms with van der Waals surface area (Å²) in [6.07, 6.45) is 4.49. The molecule has 1 atom stereocenters. The number of nitrogens with zero attached hydrogens (tertiary/aromatic N) is 2. The minimum absolute atomic E-state index is 0.0852. The number of carbonyl (C=O) groups excluding carboxylic acids is 1. The van der Waals surface area contributed by atoms with Crippen molar-refractivity contribution in [2.45, 2.75) is 19.4 Å². The largest absolute Gasteiger partial charge is 0.340 e. The van der Waals surface area contributed by atoms with E-state index in [0.717, 1.165) is 22.8 Å². The number of pyridine rings is 1. The van der Waals surface area contributed by atoms with Crippen molar-refractivity contribution in [2.24, 2.45) is 4.99 Å². The summed E-state index contributed by atoms with van der Waals surface area (Å²) < 4.78 is 0. The fraction of sp³-hybridized carbons (Fsp3) is 0.267. The maximum Gasteiger partial charge on any atom is 0.253 e. The Bertz CT molecular complexity index is 675. The zero-order valence-electron chi connectivity index (χ0n) is 11.3. The van der Waals surface area contributed by atoms with Crippen LogP contribution in [0.2, 0.25) is 0 Å². The van der Waals surface area contributed by atoms with Gasteiger partial charge >= 0.3 is 0 Å². The maximum atomic E-state index is 12.1. The van der Waals surface area contributed by atoms with E-state index < -0.39 is 6.04 Å². The van der Waals surface area contributed by atoms with E-state index in [1.54, 1.807) is 12.4 Å². The van der Waals surface area contributed by atoms with Crippen LogP contribution in [0.25, 0.3) is 10.8 Å². The van der Waals surface area contributed by atoms with Gasteiger partial charge in [-0.3, -0.25) is 20.1 Å². The van der Waals surface area contributed by atoms with Gasteiger partial charge in [-0.05, 0) is 11.8 Å². The van der Waals surface area contributed by atoms with Gasteiger partial charge in [-0.15, -0.1) is 0 Å². The van der Waals surface area contributed by atoms with E-state index >= 15 is 0 Å². The zero-order valence-corrected chi connectivity index (χ0v) is 11.3. The minimum Gasteiger partial charge on any atom is -0.340 e. The number of fused-ring (bicyclic) bond motifs is 1. The van der Waals surface area contributed by atoms with E-state index in [0.29, 0.717) is 12.5 Å². The second kappa shape index (κ2) is 5.28. The van der Waals surface area contributed by atoms with Crippen LogP contribution in [-0.4, -0.2) is 23.4 Å². The quantitative estimate of drug-likeness (QED) is 0.891. The van der Waals surface area contributed by atoms with Gasteiger partial charge in [0, 0.05) is 29.9 Å². The van der Waals surface area contributed by atoms with E-state index in [4.69, 9.17) is 0 Å². The van der Waals surface area contributed by atoms with Gasteiger partial charge < -0.3 is 5.32 Å². The summed E-state index contributed by atoms with van der Waals surface area (Å²) in [5.74, 6) is 0.466. The lowest BCUT2D eigenvalue weighted by Crippen LogP contribution is -2.25. The number of rotatable bonds is 3. The van der Waals surface area contributed by atoms with Crippen LogP contribution in [0.15, 0.2) is 41.7 Å². The van der Waals surface area contributed by atoms with Crippen molar-refractivity contribution in [2.75, 3.05) is 6.54 Å². The second-order valence-corrected chi connectivity index (χ2v) is 4.75. The molecule has 5 heteroatoms. The number of benzene rings is 1. The maximum absolute atomic E-state index is 12.1. The normalized spacial score (nSPS) is 20.1. The number of guanidine groups is 1. The average Bonchev–Trinajstić information content (AvgIpc) is 2.85. The van der Waals surface area contributed by atoms with Crippen LogP contribution in [-0.2, 0) is 4.79 Å². The Morgan fingerprint density at radius 2 is 2.15 bits per heavy atom. The lowest BCUT2D eigenvalue weighted by atomic mass is 10.0. The number of hydrogen-bond acceptors (Lipinski definition) is 3. The topological polar surface area (TPSA) is 66.4 Å². The summed E-state index contributed by atoms with van der Waals surface area (Å²) in [6, 6.07) is 7.49. The SMILES string of the molecule is CCCN=C1NC(=O)C(c2cncc3ccccc23)N1. The molecule has 5 nitrogen and oxygen atoms in total. The van der Waals surface area contributed by atoms with Gasteiger partial charge in [0.15, 0.2) is 5.96 Å². The molecule has 1 fully saturated rings. The van der Waals surface area contributed by atoms with Crippen molar-refractivity contribution >= 4 is 22.6 Å². The lowest BCUT2D eigenvalue weighted by Gasteiger charge is -2.10. The summed E-state index contributed by atoms with van der Waals surface area (Å²) in [5, 5.41) is 7.97. The summed E-state index contributed by atoms with van der Waals surface area (Å²) in [5.41, 5.74) is 0.877. The third kappa shape index (κ3) is 2.22. The van der Waals surface area contributed by atoms with Crippen molar-refractivity contribution in [1.82, 2.24) is 15.6 Å². The standard InChI is InChI=1S/C15H16N4O/c1-2-7-17-15-18-13(14(20)19-15)12-9-16-8-10-5-3-4-6-11(10)12/h3-6,8-9,13H,2,7H2,1H3,(H2,17,18,19,20). The smallest absolute Gasteiger partial charge is 0.253 e. The molecule has 0 bridgehead atoms. The van der Waals surface area contributed by atoms with Crippen molar-refractivity contribution in [3.8, 4) is 0 Å². The number of amides is 1. The van der Waals surface area contributed by atoms with Crippen molar-refractivity contribution in [3.63, 3.8) is 0 Å². The third-order valence-electron chi connectivity index (χ3n) is 3.29. The molecule has 102 valence electrons. The third-order valence-corrected chi connectivity index (χ3v) is 3.29. The van der Waals surface area contributed by atoms with E-state index in [1.165, 1.54) is 0 Å². The number of hydrogen-bond donors (Lipinski definition) is 2. The Kier molecular flexibility index (Phi) is 3.33. The van der Waals surface area contributed by atoms with Gasteiger partial charge in [0.25, 0.3) is 5.91 Å². The number of carbonyl (C=O) groups is 1. The molecular weight excluding hydrogens is 252 g/mol. The second-order valence-electron chi connectivity index (χ2n) is 4.75. The van der Waals surface area contributed by atoms with Gasteiger partial charge in [-0.25, -0.2) is 0 Å². The van der Waals surface area contributed by atoms with Gasteiger partial charge in [0.1, 0.15) is 6.04 Å². The van der Waals surface area contributed by atoms with Crippen LogP contribution in [0.1, 0.15) is 24.9 Å². The zero-order chi connectivity index (χ0) is 13.9. The van der Waals surface area contributed by atoms with Crippen LogP contribution < -0.4 is 10.6 Å². The summed E-state index contributed by atoms with van der Waals surface area (Å²) in [6.45, 7) is 2.75. The predicted molar refractivity (Wildman–Crippen MR) is 78.4 cm³/mol. The Balaban J connectivity index is 1.98. The highest BCUT2D eigenvalue weighted by Crippen LogP contribution is 2.24. The molecule has 1 amide bonds. The molecular formula is C15H16N4O. The Morgan fingerprint density at radius 1 is 1.30 bits per heavy atom. The van der Waals surface area contributed by atoms with Crippen LogP contribution in [0, 0.1) is 0 Å². The molecule has 2 aromatic rings. The molecule has 0 saturated carbocycles. The van der Waals surface area contributed by atoms with Gasteiger partial charge in [0.2, 0.25) is 0 Å². The number of aromatic nitrogens is 1. The molecule has 1 aliphatic rings. The average molecular weight is 268 g/mol. The van der Waals surface area contributed by atoms with Crippen molar-refractivity contribution in [3.05, 3.63) is 42.2 Å². The molecule has 1 aromatic heterocycles. The molecule has 0 spiro atoms. The molecule has 3 rings (SSSR count). The molecule has 1 unspecified atom stereocenters. The molecule has 1 aliphatic heterocycles. The first kappa shape index (κ1) is 12.6. The predicted octanol–water partition coefficient (Wildman–Crippen LogP) is 1.76. The van der Waals surface area contributed by atoms with Gasteiger partial charge in [0.05, 0.1) is 0 Å². The fourth-order valence-electron chi connectivity index (χ4n) is 2.32. The Morgan fingerprint density at radius 3 is 3.00 bits per heavy atom. The van der Waals surface area contributed by atoms with Crippen LogP contribution in [0.5, 0.6) is 0 Å². The molecule has 1 aromatic carbocycles. The molecule has 0 radical (unpaired) electrons. The summed E-state index contributed by atoms with van der Waals surface area (Å²) in [7, 11) is 0. The van der Waals surface area contributed by atoms with E-state index in [9.17, 15) is 4.79 Å². The summed E-state index contributed by atoms with van der Waals surface area (Å²) >= 11 is 0. The van der Waals surface area contributed by atoms with Crippen LogP contribution in [0.4, 0.5) is 0 Å². The number of aliphatic imine (C=N–C) groups is 1. The van der Waals surface area contributed by atoms with Crippen molar-refractivity contribution < 1.29 is 4.79 Å². The molecule has 1 saturated heterocycles. The van der Waals surface area contributed by atoms with E-state index in [2.05, 4.69) is 20.6 Å². The van der Waals surface area contributed by atoms with Crippen LogP contribution >= 0.6 is 0 Å². The first-order chi connectivity index (χ1) is 9.79. The van der Waals surface area contributed by atoms with E-state index in [1.807, 2.05) is 31.2 Å². The molecule has 2 heterocycles. The van der Waals surface area contributed by atoms with Gasteiger partial charge in [-0.1, -0.05) is 31.2 Å². The Hall–Kier alpha value is -2.43. The summed E-state index contributed by atoms with van der Waals surface area (Å²) in [4.78, 5) is 20.6. The highest BCUT2D eigenvalue weighted by atomic mass is 16.2. The monoisotopic (exact) mass is 268 g/mol. The first-order valence-electron chi connectivity index (χ1n) is 6.74. The number of nitrogens with one attached hydrogen (secondary N) is 2. The molecule has 0 aliphatic carbocycles.